The number of benzene rings is 1. The Bertz CT molecular complexity index is 1100. The van der Waals surface area contributed by atoms with Crippen LogP contribution < -0.4 is 10.9 Å². The molecule has 0 unspecified atom stereocenters. The minimum atomic E-state index is -0.206. The van der Waals surface area contributed by atoms with Gasteiger partial charge in [0.2, 0.25) is 5.91 Å². The number of hydrogen-bond donors (Lipinski definition) is 2. The Kier molecular flexibility index (Phi) is 7.40. The van der Waals surface area contributed by atoms with Crippen LogP contribution in [-0.4, -0.2) is 69.9 Å². The van der Waals surface area contributed by atoms with Crippen molar-refractivity contribution in [2.75, 3.05) is 32.7 Å². The van der Waals surface area contributed by atoms with Gasteiger partial charge in [-0.2, -0.15) is 0 Å². The second-order valence-electron chi connectivity index (χ2n) is 8.04. The predicted octanol–water partition coefficient (Wildman–Crippen LogP) is 1.92. The molecule has 2 N–H and O–H groups in total. The van der Waals surface area contributed by atoms with Gasteiger partial charge in [0, 0.05) is 44.3 Å². The molecule has 1 saturated heterocycles. The van der Waals surface area contributed by atoms with E-state index in [4.69, 9.17) is 12.2 Å². The molecular weight excluding hydrogens is 414 g/mol. The van der Waals surface area contributed by atoms with Crippen LogP contribution in [0.25, 0.3) is 10.9 Å². The van der Waals surface area contributed by atoms with Crippen LogP contribution in [0.4, 0.5) is 0 Å². The normalized spacial score (nSPS) is 15.1. The monoisotopic (exact) mass is 443 g/mol. The fourth-order valence-electron chi connectivity index (χ4n) is 3.77. The zero-order chi connectivity index (χ0) is 22.5. The van der Waals surface area contributed by atoms with Crippen molar-refractivity contribution in [1.29, 1.82) is 0 Å². The summed E-state index contributed by atoms with van der Waals surface area (Å²) in [6.45, 7) is 10.8. The third kappa shape index (κ3) is 5.48. The number of carbonyl (C=O) groups is 2. The number of H-pyrrole nitrogens is 1. The van der Waals surface area contributed by atoms with Crippen molar-refractivity contribution >= 4 is 34.9 Å². The van der Waals surface area contributed by atoms with Gasteiger partial charge in [0.15, 0.2) is 4.77 Å². The molecule has 0 spiro atoms. The van der Waals surface area contributed by atoms with Crippen molar-refractivity contribution in [2.45, 2.75) is 32.9 Å². The standard InChI is InChI=1S/C22H29N5O3S/c1-4-8-27-21(30)17-7-6-16(13-18(17)24-22(27)31)20(29)26-10-5-9-25(11-12-26)14-19(28)23-15(2)3/h4,6-7,13,15H,1,5,8-12,14H2,2-3H3,(H,23,28)(H,24,31). The number of fused-ring (bicyclic) bond motifs is 1. The van der Waals surface area contributed by atoms with E-state index in [1.54, 1.807) is 29.2 Å². The van der Waals surface area contributed by atoms with Gasteiger partial charge in [-0.05, 0) is 50.7 Å². The Labute approximate surface area is 186 Å². The van der Waals surface area contributed by atoms with Crippen LogP contribution in [0.3, 0.4) is 0 Å². The van der Waals surface area contributed by atoms with Crippen LogP contribution in [0.1, 0.15) is 30.6 Å². The van der Waals surface area contributed by atoms with Gasteiger partial charge in [0.05, 0.1) is 17.4 Å². The average molecular weight is 444 g/mol. The lowest BCUT2D eigenvalue weighted by Crippen LogP contribution is -2.42. The molecule has 2 heterocycles. The molecule has 1 fully saturated rings. The Morgan fingerprint density at radius 1 is 1.26 bits per heavy atom. The molecule has 9 heteroatoms. The molecule has 0 saturated carbocycles. The molecule has 31 heavy (non-hydrogen) atoms. The van der Waals surface area contributed by atoms with Crippen molar-refractivity contribution in [3.05, 3.63) is 51.5 Å². The molecule has 0 radical (unpaired) electrons. The number of aromatic nitrogens is 2. The quantitative estimate of drug-likeness (QED) is 0.526. The van der Waals surface area contributed by atoms with Crippen molar-refractivity contribution in [1.82, 2.24) is 24.7 Å². The van der Waals surface area contributed by atoms with Gasteiger partial charge in [0.1, 0.15) is 0 Å². The number of amides is 2. The fraction of sp³-hybridized carbons (Fsp3) is 0.455. The molecule has 1 aliphatic heterocycles. The van der Waals surface area contributed by atoms with Crippen LogP contribution in [0.2, 0.25) is 0 Å². The summed E-state index contributed by atoms with van der Waals surface area (Å²) in [5.74, 6) is -0.0911. The van der Waals surface area contributed by atoms with E-state index in [0.29, 0.717) is 54.0 Å². The minimum Gasteiger partial charge on any atom is -0.353 e. The van der Waals surface area contributed by atoms with Gasteiger partial charge >= 0.3 is 0 Å². The van der Waals surface area contributed by atoms with Gasteiger partial charge in [-0.25, -0.2) is 0 Å². The van der Waals surface area contributed by atoms with Gasteiger partial charge < -0.3 is 15.2 Å². The molecule has 1 aromatic carbocycles. The molecule has 3 rings (SSSR count). The van der Waals surface area contributed by atoms with Crippen molar-refractivity contribution in [2.24, 2.45) is 0 Å². The summed E-state index contributed by atoms with van der Waals surface area (Å²) >= 11 is 5.28. The smallest absolute Gasteiger partial charge is 0.262 e. The van der Waals surface area contributed by atoms with Crippen molar-refractivity contribution < 1.29 is 9.59 Å². The highest BCUT2D eigenvalue weighted by Gasteiger charge is 2.22. The Morgan fingerprint density at radius 3 is 2.74 bits per heavy atom. The third-order valence-corrected chi connectivity index (χ3v) is 5.56. The van der Waals surface area contributed by atoms with Gasteiger partial charge in [-0.3, -0.25) is 23.9 Å². The number of nitrogens with zero attached hydrogens (tertiary/aromatic N) is 3. The summed E-state index contributed by atoms with van der Waals surface area (Å²) in [4.78, 5) is 44.7. The Morgan fingerprint density at radius 2 is 2.03 bits per heavy atom. The molecule has 0 aliphatic carbocycles. The van der Waals surface area contributed by atoms with Crippen LogP contribution in [0, 0.1) is 4.77 Å². The number of rotatable bonds is 6. The highest BCUT2D eigenvalue weighted by Crippen LogP contribution is 2.14. The number of hydrogen-bond acceptors (Lipinski definition) is 5. The number of nitrogens with one attached hydrogen (secondary N) is 2. The molecule has 166 valence electrons. The minimum absolute atomic E-state index is 0.00155. The predicted molar refractivity (Wildman–Crippen MR) is 124 cm³/mol. The first-order valence-electron chi connectivity index (χ1n) is 10.5. The zero-order valence-corrected chi connectivity index (χ0v) is 18.8. The lowest BCUT2D eigenvalue weighted by molar-refractivity contribution is -0.122. The number of carbonyl (C=O) groups excluding carboxylic acids is 2. The van der Waals surface area contributed by atoms with Crippen LogP contribution >= 0.6 is 12.2 Å². The largest absolute Gasteiger partial charge is 0.353 e. The highest BCUT2D eigenvalue weighted by atomic mass is 32.1. The number of allylic oxidation sites excluding steroid dienone is 1. The van der Waals surface area contributed by atoms with Crippen molar-refractivity contribution in [3.8, 4) is 0 Å². The molecule has 1 aromatic heterocycles. The summed E-state index contributed by atoms with van der Waals surface area (Å²) in [6, 6.07) is 5.14. The maximum absolute atomic E-state index is 13.1. The maximum atomic E-state index is 13.1. The van der Waals surface area contributed by atoms with E-state index in [-0.39, 0.29) is 23.4 Å². The van der Waals surface area contributed by atoms with Gasteiger partial charge in [-0.15, -0.1) is 6.58 Å². The maximum Gasteiger partial charge on any atom is 0.262 e. The van der Waals surface area contributed by atoms with E-state index in [2.05, 4.69) is 21.8 Å². The van der Waals surface area contributed by atoms with Crippen LogP contribution in [0.5, 0.6) is 0 Å². The molecular formula is C22H29N5O3S. The SMILES string of the molecule is C=CCn1c(=S)[nH]c2cc(C(=O)N3CCCN(CC(=O)NC(C)C)CC3)ccc2c1=O. The van der Waals surface area contributed by atoms with Crippen molar-refractivity contribution in [3.63, 3.8) is 0 Å². The first-order valence-corrected chi connectivity index (χ1v) is 10.9. The molecule has 2 aromatic rings. The molecule has 8 nitrogen and oxygen atoms in total. The number of aromatic amines is 1. The lowest BCUT2D eigenvalue weighted by atomic mass is 10.1. The summed E-state index contributed by atoms with van der Waals surface area (Å²) in [6.07, 6.45) is 2.41. The summed E-state index contributed by atoms with van der Waals surface area (Å²) in [5, 5.41) is 3.38. The second kappa shape index (κ2) is 10.0. The second-order valence-corrected chi connectivity index (χ2v) is 8.43. The fourth-order valence-corrected chi connectivity index (χ4v) is 4.04. The third-order valence-electron chi connectivity index (χ3n) is 5.23. The van der Waals surface area contributed by atoms with E-state index in [1.807, 2.05) is 13.8 Å². The van der Waals surface area contributed by atoms with Gasteiger partial charge in [-0.1, -0.05) is 6.08 Å². The topological polar surface area (TPSA) is 90.4 Å². The molecule has 0 bridgehead atoms. The van der Waals surface area contributed by atoms with E-state index in [0.717, 1.165) is 13.0 Å². The van der Waals surface area contributed by atoms with Gasteiger partial charge in [0.25, 0.3) is 11.5 Å². The van der Waals surface area contributed by atoms with E-state index in [1.165, 1.54) is 4.57 Å². The Hall–Kier alpha value is -2.78. The Balaban J connectivity index is 1.74. The average Bonchev–Trinajstić information content (AvgIpc) is 2.95. The highest BCUT2D eigenvalue weighted by molar-refractivity contribution is 7.71. The lowest BCUT2D eigenvalue weighted by Gasteiger charge is -2.22. The molecule has 2 amide bonds. The summed E-state index contributed by atoms with van der Waals surface area (Å²) in [7, 11) is 0. The molecule has 1 aliphatic rings. The molecule has 0 atom stereocenters. The van der Waals surface area contributed by atoms with Crippen LogP contribution in [-0.2, 0) is 11.3 Å². The van der Waals surface area contributed by atoms with Crippen LogP contribution in [0.15, 0.2) is 35.6 Å². The van der Waals surface area contributed by atoms with E-state index < -0.39 is 0 Å². The van der Waals surface area contributed by atoms with E-state index in [9.17, 15) is 14.4 Å². The summed E-state index contributed by atoms with van der Waals surface area (Å²) < 4.78 is 1.73. The first kappa shape index (κ1) is 22.9. The summed E-state index contributed by atoms with van der Waals surface area (Å²) in [5.41, 5.74) is 0.843. The van der Waals surface area contributed by atoms with E-state index >= 15 is 0 Å². The first-order chi connectivity index (χ1) is 14.8. The zero-order valence-electron chi connectivity index (χ0n) is 18.0.